The number of nitrogens with one attached hydrogen (secondary N) is 4. The number of alkyl halides is 9. The van der Waals surface area contributed by atoms with E-state index in [1.807, 2.05) is 55.3 Å². The Morgan fingerprint density at radius 3 is 1.17 bits per heavy atom. The van der Waals surface area contributed by atoms with Gasteiger partial charge in [-0.3, -0.25) is 49.9 Å². The Bertz CT molecular complexity index is 5230. The summed E-state index contributed by atoms with van der Waals surface area (Å²) in [6.07, 6.45) is 11.2. The lowest BCUT2D eigenvalue weighted by atomic mass is 9.97. The fourth-order valence-corrected chi connectivity index (χ4v) is 18.8. The van der Waals surface area contributed by atoms with Gasteiger partial charge in [-0.05, 0) is 170 Å². The van der Waals surface area contributed by atoms with Crippen LogP contribution in [0.1, 0.15) is 95.6 Å². The van der Waals surface area contributed by atoms with Crippen molar-refractivity contribution in [2.24, 2.45) is 24.8 Å². The van der Waals surface area contributed by atoms with E-state index in [9.17, 15) is 63.1 Å². The van der Waals surface area contributed by atoms with Gasteiger partial charge in [-0.15, -0.1) is 0 Å². The standard InChI is InChI=1S/C22H25F3N6O.C21H23F4N7O.C21H24F3N7O.C21H23N7O/c23-22(24,25)15-4-2-11-30(13-15)19-8-7-18-20(28-19)31(17-6-3-10-29(18)14-17)21(32)27-16-5-1-9-26-12-16;22-16-9-27-17(10-26-16)28-20(33)32-14-4-2-7-30(12-14)15-5-6-18(29-19(15)32)31-8-1-3-13(11-31)21(23,24)25;22-21(23,24)14-3-1-10-30(12-14)18-6-5-16-19(28-18)31(15-4-2-9-29(16)13-15)20(32)27-17-11-25-7-8-26-17;1-14-10-15(7-8-22-14)18-5-6-19-20(25-18)28(17-4-3-9-27(19)13-17)21(29)24-16-11-23-26(2)12-16/h1,5,7-9,12,15,17H,2-4,6,10-11,13-14H2,(H,27,32);5-6,9-10,13-14H,1-4,7-8,11-12H2,(H,27,28,33);5-8,11,14-15H,1-4,9-10,12-13H2,(H,26,27,32);5-8,10-12,17H,3-4,9,13H2,1-2H3,(H,24,29)/t15-,17-;13-,14-;14-,15-;17-/m0000/s1. The molecule has 11 aliphatic rings. The number of carbonyl (C=O) groups is 4. The van der Waals surface area contributed by atoms with Gasteiger partial charge in [0.2, 0.25) is 5.95 Å². The van der Waals surface area contributed by atoms with Crippen molar-refractivity contribution in [1.29, 1.82) is 0 Å². The highest BCUT2D eigenvalue weighted by Gasteiger charge is 2.48. The van der Waals surface area contributed by atoms with Crippen LogP contribution in [-0.2, 0) is 7.05 Å². The Hall–Kier alpha value is -12.8. The maximum Gasteiger partial charge on any atom is 0.393 e. The van der Waals surface area contributed by atoms with Crippen LogP contribution in [0.25, 0.3) is 11.3 Å². The van der Waals surface area contributed by atoms with E-state index in [0.717, 1.165) is 136 Å². The molecule has 7 atom stereocenters. The zero-order valence-corrected chi connectivity index (χ0v) is 69.2. The lowest BCUT2D eigenvalue weighted by Crippen LogP contribution is -2.56. The average Bonchev–Trinajstić information content (AvgIpc) is 0.892. The summed E-state index contributed by atoms with van der Waals surface area (Å²) in [5, 5.41) is 15.4. The molecule has 4 N–H and O–H groups in total. The molecule has 8 amide bonds. The molecule has 41 heteroatoms. The van der Waals surface area contributed by atoms with E-state index in [4.69, 9.17) is 15.0 Å². The van der Waals surface area contributed by atoms with Crippen molar-refractivity contribution in [3.8, 4) is 11.3 Å². The summed E-state index contributed by atoms with van der Waals surface area (Å²) in [4.78, 5) is 116. The maximum atomic E-state index is 13.3. The minimum atomic E-state index is -4.25. The first-order valence-corrected chi connectivity index (χ1v) is 42.6. The van der Waals surface area contributed by atoms with Crippen LogP contribution in [0, 0.1) is 30.6 Å². The number of rotatable bonds is 8. The van der Waals surface area contributed by atoms with E-state index < -0.39 is 48.3 Å². The minimum Gasteiger partial charge on any atom is -0.366 e. The summed E-state index contributed by atoms with van der Waals surface area (Å²) < 4.78 is 135. The fraction of sp³-hybridized carbons (Fsp3) is 0.471. The fourth-order valence-electron chi connectivity index (χ4n) is 18.8. The molecule has 7 fully saturated rings. The van der Waals surface area contributed by atoms with Crippen LogP contribution in [0.15, 0.2) is 135 Å². The van der Waals surface area contributed by atoms with E-state index in [1.165, 1.54) is 18.6 Å². The van der Waals surface area contributed by atoms with Crippen molar-refractivity contribution in [2.75, 3.05) is 167 Å². The third-order valence-electron chi connectivity index (χ3n) is 24.9. The Morgan fingerprint density at radius 2 is 0.786 bits per heavy atom. The number of piperidine rings is 7. The van der Waals surface area contributed by atoms with Crippen LogP contribution in [0.5, 0.6) is 0 Å². The van der Waals surface area contributed by atoms with Gasteiger partial charge in [0.25, 0.3) is 0 Å². The summed E-state index contributed by atoms with van der Waals surface area (Å²) in [5.74, 6) is -0.970. The molecule has 0 aromatic carbocycles. The predicted molar refractivity (Wildman–Crippen MR) is 456 cm³/mol. The largest absolute Gasteiger partial charge is 0.393 e. The Labute approximate surface area is 719 Å². The smallest absolute Gasteiger partial charge is 0.366 e. The number of hydrogen-bond acceptors (Lipinski definition) is 22. The van der Waals surface area contributed by atoms with Crippen molar-refractivity contribution < 1.29 is 63.1 Å². The third kappa shape index (κ3) is 18.8. The van der Waals surface area contributed by atoms with Crippen molar-refractivity contribution in [3.63, 3.8) is 0 Å². The molecule has 0 radical (unpaired) electrons. The van der Waals surface area contributed by atoms with Crippen LogP contribution < -0.4 is 75.2 Å². The summed E-state index contributed by atoms with van der Waals surface area (Å²) in [7, 11) is 1.83. The number of anilines is 15. The van der Waals surface area contributed by atoms with Crippen molar-refractivity contribution in [3.05, 3.63) is 146 Å². The van der Waals surface area contributed by atoms with Gasteiger partial charge in [-0.2, -0.15) is 49.0 Å². The number of fused-ring (bicyclic) bond motifs is 16. The quantitative estimate of drug-likeness (QED) is 0.103. The summed E-state index contributed by atoms with van der Waals surface area (Å²) >= 11 is 0. The molecule has 0 unspecified atom stereocenters. The lowest BCUT2D eigenvalue weighted by molar-refractivity contribution is -0.176. The van der Waals surface area contributed by atoms with Gasteiger partial charge in [0, 0.05) is 141 Å². The molecule has 20 heterocycles. The summed E-state index contributed by atoms with van der Waals surface area (Å²) in [6.45, 7) is 9.54. The second kappa shape index (κ2) is 36.1. The van der Waals surface area contributed by atoms with Gasteiger partial charge < -0.3 is 44.9 Å². The third-order valence-corrected chi connectivity index (χ3v) is 24.9. The second-order valence-corrected chi connectivity index (χ2v) is 33.4. The summed E-state index contributed by atoms with van der Waals surface area (Å²) in [5.41, 5.74) is 7.48. The average molecular weight is 1750 g/mol. The molecule has 9 aromatic heterocycles. The summed E-state index contributed by atoms with van der Waals surface area (Å²) in [6, 6.07) is 21.0. The highest BCUT2D eigenvalue weighted by molar-refractivity contribution is 6.07. The Kier molecular flexibility index (Phi) is 24.5. The Balaban J connectivity index is 0.000000119. The van der Waals surface area contributed by atoms with Crippen molar-refractivity contribution in [1.82, 2.24) is 59.6 Å². The molecular weight excluding hydrogens is 1650 g/mol. The van der Waals surface area contributed by atoms with Crippen LogP contribution in [0.4, 0.5) is 150 Å². The van der Waals surface area contributed by atoms with Crippen LogP contribution in [0.3, 0.4) is 0 Å². The molecule has 8 bridgehead atoms. The van der Waals surface area contributed by atoms with Crippen LogP contribution >= 0.6 is 0 Å². The Morgan fingerprint density at radius 1 is 0.381 bits per heavy atom. The number of pyridine rings is 6. The van der Waals surface area contributed by atoms with Crippen molar-refractivity contribution in [2.45, 2.75) is 140 Å². The number of nitrogens with zero attached hydrogens (tertiary/aromatic N) is 23. The number of aromatic nitrogens is 12. The van der Waals surface area contributed by atoms with E-state index >= 15 is 0 Å². The van der Waals surface area contributed by atoms with E-state index in [1.54, 1.807) is 95.4 Å². The molecule has 11 aliphatic heterocycles. The monoisotopic (exact) mass is 1750 g/mol. The van der Waals surface area contributed by atoms with Gasteiger partial charge in [0.05, 0.1) is 113 Å². The number of halogens is 10. The van der Waals surface area contributed by atoms with Crippen LogP contribution in [-0.4, -0.2) is 218 Å². The zero-order chi connectivity index (χ0) is 87.7. The van der Waals surface area contributed by atoms with E-state index in [2.05, 4.69) is 86.9 Å². The van der Waals surface area contributed by atoms with Gasteiger partial charge in [-0.25, -0.2) is 54.1 Å². The first kappa shape index (κ1) is 85.4. The lowest BCUT2D eigenvalue weighted by Gasteiger charge is -2.46. The molecule has 664 valence electrons. The zero-order valence-electron chi connectivity index (χ0n) is 69.2. The molecule has 31 nitrogen and oxygen atoms in total. The SMILES string of the molecule is Cc1cc(-c2ccc3c(n2)N(C(=O)Nc2cnn(C)c2)[C@H]2CCCN3C2)ccn1.O=C(Nc1cccnc1)N1c2nc(N3CCC[C@H](C(F)(F)F)C3)ccc2N2CCC[C@H]1C2.O=C(Nc1cnc(F)cn1)N1c2nc(N3CCC[C@H](C(F)(F)F)C3)ccc2N2CCC[C@H]1C2.O=C(Nc1cnccn1)N1c2nc(N3CCC[C@H](C(F)(F)F)C3)ccc2N2CCC[C@H]1C2. The maximum absolute atomic E-state index is 13.3. The topological polar surface area (TPSA) is 299 Å². The van der Waals surface area contributed by atoms with Gasteiger partial charge >= 0.3 is 42.7 Å². The molecule has 20 rings (SSSR count). The highest BCUT2D eigenvalue weighted by Crippen LogP contribution is 2.47. The molecule has 0 saturated carbocycles. The normalized spacial score (nSPS) is 21.7. The van der Waals surface area contributed by atoms with Gasteiger partial charge in [0.1, 0.15) is 17.5 Å². The molecule has 7 saturated heterocycles. The number of carbonyl (C=O) groups excluding carboxylic acids is 4. The van der Waals surface area contributed by atoms with Crippen molar-refractivity contribution >= 4 is 111 Å². The molecule has 126 heavy (non-hydrogen) atoms. The molecule has 0 aliphatic carbocycles. The van der Waals surface area contributed by atoms with E-state index in [0.29, 0.717) is 116 Å². The predicted octanol–water partition coefficient (Wildman–Crippen LogP) is 15.0. The van der Waals surface area contributed by atoms with E-state index in [-0.39, 0.29) is 87.0 Å². The number of aryl methyl sites for hydroxylation is 2. The second-order valence-electron chi connectivity index (χ2n) is 33.4. The minimum absolute atomic E-state index is 0.0417. The number of hydrogen-bond donors (Lipinski definition) is 4. The first-order valence-electron chi connectivity index (χ1n) is 42.6. The highest BCUT2D eigenvalue weighted by atomic mass is 19.4. The molecular formula is C85H95F10N27O4. The van der Waals surface area contributed by atoms with Crippen LogP contribution in [0.2, 0.25) is 0 Å². The van der Waals surface area contributed by atoms with Gasteiger partial charge in [0.15, 0.2) is 34.9 Å². The molecule has 0 spiro atoms. The number of urea groups is 4. The number of amides is 8. The van der Waals surface area contributed by atoms with Gasteiger partial charge in [-0.1, -0.05) is 0 Å². The first-order chi connectivity index (χ1) is 60.7. The molecule has 9 aromatic rings.